The van der Waals surface area contributed by atoms with Crippen LogP contribution in [0.2, 0.25) is 5.02 Å². The van der Waals surface area contributed by atoms with Crippen molar-refractivity contribution in [2.75, 3.05) is 12.4 Å². The van der Waals surface area contributed by atoms with E-state index in [9.17, 15) is 4.79 Å². The monoisotopic (exact) mass is 469 g/mol. The Balaban J connectivity index is 1.59. The SMILES string of the molecule is COc1ccc(Cl)cc1NC(=O)N1Cc2c(sc3c2CCCC3)-n2cccc2[C@@H]1C(C)C. The number of aryl methyl sites for hydroxylation is 1. The molecule has 1 atom stereocenters. The van der Waals surface area contributed by atoms with Crippen molar-refractivity contribution < 1.29 is 9.53 Å². The molecule has 0 bridgehead atoms. The first-order chi connectivity index (χ1) is 15.5. The summed E-state index contributed by atoms with van der Waals surface area (Å²) >= 11 is 8.11. The highest BCUT2D eigenvalue weighted by Crippen LogP contribution is 2.44. The summed E-state index contributed by atoms with van der Waals surface area (Å²) in [7, 11) is 1.60. The van der Waals surface area contributed by atoms with E-state index in [-0.39, 0.29) is 18.0 Å². The largest absolute Gasteiger partial charge is 0.495 e. The van der Waals surface area contributed by atoms with Gasteiger partial charge in [0, 0.05) is 27.4 Å². The highest BCUT2D eigenvalue weighted by molar-refractivity contribution is 7.15. The number of benzene rings is 1. The lowest BCUT2D eigenvalue weighted by Crippen LogP contribution is -2.39. The lowest BCUT2D eigenvalue weighted by molar-refractivity contribution is 0.161. The molecule has 2 amide bonds. The van der Waals surface area contributed by atoms with E-state index < -0.39 is 0 Å². The van der Waals surface area contributed by atoms with Gasteiger partial charge in [0.2, 0.25) is 0 Å². The maximum absolute atomic E-state index is 13.8. The molecular weight excluding hydrogens is 442 g/mol. The number of urea groups is 1. The zero-order valence-electron chi connectivity index (χ0n) is 18.7. The van der Waals surface area contributed by atoms with Crippen LogP contribution in [0.3, 0.4) is 0 Å². The van der Waals surface area contributed by atoms with E-state index in [0.29, 0.717) is 23.0 Å². The van der Waals surface area contributed by atoms with Gasteiger partial charge < -0.3 is 19.5 Å². The molecule has 3 aromatic rings. The zero-order valence-corrected chi connectivity index (χ0v) is 20.2. The normalized spacial score (nSPS) is 17.4. The summed E-state index contributed by atoms with van der Waals surface area (Å²) in [6.07, 6.45) is 6.85. The van der Waals surface area contributed by atoms with E-state index in [1.807, 2.05) is 16.2 Å². The van der Waals surface area contributed by atoms with Crippen LogP contribution in [-0.4, -0.2) is 22.6 Å². The summed E-state index contributed by atoms with van der Waals surface area (Å²) in [4.78, 5) is 17.2. The van der Waals surface area contributed by atoms with E-state index >= 15 is 0 Å². The number of nitrogens with zero attached hydrogens (tertiary/aromatic N) is 2. The molecule has 0 fully saturated rings. The molecule has 1 aliphatic carbocycles. The van der Waals surface area contributed by atoms with Gasteiger partial charge in [-0.3, -0.25) is 0 Å². The van der Waals surface area contributed by atoms with Crippen LogP contribution >= 0.6 is 22.9 Å². The van der Waals surface area contributed by atoms with Gasteiger partial charge in [-0.05, 0) is 67.5 Å². The van der Waals surface area contributed by atoms with Crippen molar-refractivity contribution in [3.63, 3.8) is 0 Å². The standard InChI is InChI=1S/C25H28ClN3O2S/c1-15(2)23-20-8-6-12-28(20)24-18(17-7-4-5-9-22(17)32-24)14-29(23)25(30)27-19-13-16(26)10-11-21(19)31-3/h6,8,10-13,15,23H,4-5,7,9,14H2,1-3H3,(H,27,30)/t23-/m0/s1. The molecule has 1 N–H and O–H groups in total. The molecule has 5 rings (SSSR count). The molecule has 168 valence electrons. The van der Waals surface area contributed by atoms with Gasteiger partial charge >= 0.3 is 6.03 Å². The van der Waals surface area contributed by atoms with Gasteiger partial charge in [-0.15, -0.1) is 11.3 Å². The Morgan fingerprint density at radius 3 is 2.81 bits per heavy atom. The number of ether oxygens (including phenoxy) is 1. The van der Waals surface area contributed by atoms with Crippen LogP contribution in [0, 0.1) is 5.92 Å². The van der Waals surface area contributed by atoms with Crippen molar-refractivity contribution in [1.82, 2.24) is 9.47 Å². The summed E-state index contributed by atoms with van der Waals surface area (Å²) in [5.74, 6) is 0.844. The van der Waals surface area contributed by atoms with Crippen molar-refractivity contribution in [3.05, 3.63) is 63.2 Å². The number of fused-ring (bicyclic) bond motifs is 5. The Bertz CT molecular complexity index is 1170. The second-order valence-electron chi connectivity index (χ2n) is 8.89. The van der Waals surface area contributed by atoms with E-state index in [0.717, 1.165) is 18.5 Å². The molecule has 0 spiro atoms. The number of carbonyl (C=O) groups is 1. The Kier molecular flexibility index (Phi) is 5.68. The van der Waals surface area contributed by atoms with Crippen LogP contribution in [0.1, 0.15) is 54.4 Å². The summed E-state index contributed by atoms with van der Waals surface area (Å²) in [6, 6.07) is 9.33. The van der Waals surface area contributed by atoms with Gasteiger partial charge in [-0.25, -0.2) is 4.79 Å². The number of halogens is 1. The van der Waals surface area contributed by atoms with Crippen LogP contribution in [0.15, 0.2) is 36.5 Å². The molecule has 2 aliphatic rings. The number of hydrogen-bond acceptors (Lipinski definition) is 3. The summed E-state index contributed by atoms with van der Waals surface area (Å²) < 4.78 is 7.77. The Labute approximate surface area is 197 Å². The first kappa shape index (κ1) is 21.4. The Morgan fingerprint density at radius 1 is 1.22 bits per heavy atom. The smallest absolute Gasteiger partial charge is 0.322 e. The number of anilines is 1. The molecule has 0 saturated heterocycles. The highest BCUT2D eigenvalue weighted by Gasteiger charge is 2.36. The molecule has 5 nitrogen and oxygen atoms in total. The lowest BCUT2D eigenvalue weighted by atomic mass is 9.94. The number of aromatic nitrogens is 1. The fourth-order valence-electron chi connectivity index (χ4n) is 5.09. The van der Waals surface area contributed by atoms with E-state index in [1.54, 1.807) is 25.3 Å². The third-order valence-corrected chi connectivity index (χ3v) is 8.09. The fraction of sp³-hybridized carbons (Fsp3) is 0.400. The van der Waals surface area contributed by atoms with Gasteiger partial charge in [-0.1, -0.05) is 25.4 Å². The van der Waals surface area contributed by atoms with E-state index in [2.05, 4.69) is 42.1 Å². The molecule has 7 heteroatoms. The van der Waals surface area contributed by atoms with Crippen molar-refractivity contribution in [2.24, 2.45) is 5.92 Å². The van der Waals surface area contributed by atoms with Gasteiger partial charge in [0.25, 0.3) is 0 Å². The molecule has 32 heavy (non-hydrogen) atoms. The zero-order chi connectivity index (χ0) is 22.4. The minimum Gasteiger partial charge on any atom is -0.495 e. The number of thiophene rings is 1. The number of nitrogens with one attached hydrogen (secondary N) is 1. The molecule has 1 aliphatic heterocycles. The fourth-order valence-corrected chi connectivity index (χ4v) is 6.66. The van der Waals surface area contributed by atoms with Crippen molar-refractivity contribution in [1.29, 1.82) is 0 Å². The average Bonchev–Trinajstić information content (AvgIpc) is 3.35. The van der Waals surface area contributed by atoms with Crippen molar-refractivity contribution in [2.45, 2.75) is 52.1 Å². The van der Waals surface area contributed by atoms with E-state index in [1.165, 1.54) is 33.8 Å². The minimum absolute atomic E-state index is 0.0472. The second-order valence-corrected chi connectivity index (χ2v) is 10.4. The number of rotatable bonds is 3. The van der Waals surface area contributed by atoms with Crippen LogP contribution in [-0.2, 0) is 19.4 Å². The predicted octanol–water partition coefficient (Wildman–Crippen LogP) is 6.82. The van der Waals surface area contributed by atoms with Gasteiger partial charge in [0.05, 0.1) is 25.4 Å². The van der Waals surface area contributed by atoms with Crippen molar-refractivity contribution >= 4 is 34.7 Å². The second kappa shape index (κ2) is 8.49. The Morgan fingerprint density at radius 2 is 2.03 bits per heavy atom. The third-order valence-electron chi connectivity index (χ3n) is 6.52. The number of hydrogen-bond donors (Lipinski definition) is 1. The van der Waals surface area contributed by atoms with Crippen LogP contribution in [0.25, 0.3) is 5.00 Å². The number of carbonyl (C=O) groups excluding carboxylic acids is 1. The number of methoxy groups -OCH3 is 1. The van der Waals surface area contributed by atoms with Gasteiger partial charge in [0.15, 0.2) is 0 Å². The van der Waals surface area contributed by atoms with E-state index in [4.69, 9.17) is 16.3 Å². The molecule has 2 aromatic heterocycles. The molecule has 3 heterocycles. The minimum atomic E-state index is -0.138. The van der Waals surface area contributed by atoms with Crippen LogP contribution in [0.4, 0.5) is 10.5 Å². The number of amides is 2. The first-order valence-electron chi connectivity index (χ1n) is 11.2. The summed E-state index contributed by atoms with van der Waals surface area (Å²) in [6.45, 7) is 4.95. The molecule has 1 aromatic carbocycles. The van der Waals surface area contributed by atoms with Crippen LogP contribution < -0.4 is 10.1 Å². The molecule has 0 unspecified atom stereocenters. The third kappa shape index (κ3) is 3.59. The first-order valence-corrected chi connectivity index (χ1v) is 12.4. The molecular formula is C25H28ClN3O2S. The molecule has 0 radical (unpaired) electrons. The molecule has 0 saturated carbocycles. The maximum atomic E-state index is 13.8. The lowest BCUT2D eigenvalue weighted by Gasteiger charge is -2.33. The van der Waals surface area contributed by atoms with Gasteiger partial charge in [0.1, 0.15) is 10.8 Å². The Hall–Kier alpha value is -2.44. The van der Waals surface area contributed by atoms with Crippen LogP contribution in [0.5, 0.6) is 5.75 Å². The summed E-state index contributed by atoms with van der Waals surface area (Å²) in [5.41, 5.74) is 4.50. The average molecular weight is 470 g/mol. The van der Waals surface area contributed by atoms with Crippen molar-refractivity contribution in [3.8, 4) is 10.8 Å². The summed E-state index contributed by atoms with van der Waals surface area (Å²) in [5, 5.41) is 4.91. The highest BCUT2D eigenvalue weighted by atomic mass is 35.5. The maximum Gasteiger partial charge on any atom is 0.322 e. The topological polar surface area (TPSA) is 46.5 Å². The quantitative estimate of drug-likeness (QED) is 0.457. The van der Waals surface area contributed by atoms with Gasteiger partial charge in [-0.2, -0.15) is 0 Å². The predicted molar refractivity (Wildman–Crippen MR) is 130 cm³/mol.